The molecule has 0 radical (unpaired) electrons. The number of carbonyl (C=O) groups is 1. The number of aromatic hydroxyl groups is 1. The molecule has 0 fully saturated rings. The van der Waals surface area contributed by atoms with Gasteiger partial charge in [0.25, 0.3) is 0 Å². The minimum absolute atomic E-state index is 0.0960. The summed E-state index contributed by atoms with van der Waals surface area (Å²) in [5.74, 6) is 1.11. The van der Waals surface area contributed by atoms with E-state index in [0.29, 0.717) is 24.9 Å². The Balaban J connectivity index is 2.00. The number of amides is 2. The van der Waals surface area contributed by atoms with E-state index in [1.165, 1.54) is 0 Å². The fourth-order valence-corrected chi connectivity index (χ4v) is 2.99. The molecule has 2 aromatic rings. The third-order valence-corrected chi connectivity index (χ3v) is 4.63. The zero-order valence-corrected chi connectivity index (χ0v) is 15.5. The van der Waals surface area contributed by atoms with Crippen LogP contribution < -0.4 is 5.32 Å². The molecule has 25 heavy (non-hydrogen) atoms. The van der Waals surface area contributed by atoms with E-state index < -0.39 is 0 Å². The second kappa shape index (κ2) is 9.93. The van der Waals surface area contributed by atoms with E-state index in [-0.39, 0.29) is 11.8 Å². The number of urea groups is 1. The number of rotatable bonds is 8. The van der Waals surface area contributed by atoms with Crippen molar-refractivity contribution >= 4 is 17.8 Å². The Morgan fingerprint density at radius 1 is 1.20 bits per heavy atom. The Hall–Kier alpha value is -2.21. The molecular weight excluding hydrogens is 334 g/mol. The SMILES string of the molecule is CC(C)SCCNC(=O)N(Cc1ccc(O)cc1)Cc1cccnc1. The predicted octanol–water partition coefficient (Wildman–Crippen LogP) is 3.64. The molecular formula is C19H25N3O2S. The topological polar surface area (TPSA) is 65.5 Å². The van der Waals surface area contributed by atoms with Crippen molar-refractivity contribution in [3.63, 3.8) is 0 Å². The van der Waals surface area contributed by atoms with E-state index in [9.17, 15) is 9.90 Å². The van der Waals surface area contributed by atoms with Crippen LogP contribution in [0.3, 0.4) is 0 Å². The molecule has 0 saturated heterocycles. The standard InChI is InChI=1S/C19H25N3O2S/c1-15(2)25-11-10-21-19(24)22(14-17-4-3-9-20-12-17)13-16-5-7-18(23)8-6-16/h3-9,12,15,23H,10-11,13-14H2,1-2H3,(H,21,24). The van der Waals surface area contributed by atoms with Crippen molar-refractivity contribution in [3.05, 3.63) is 59.9 Å². The Morgan fingerprint density at radius 2 is 1.92 bits per heavy atom. The van der Waals surface area contributed by atoms with Crippen molar-refractivity contribution in [2.45, 2.75) is 32.2 Å². The number of phenolic OH excluding ortho intramolecular Hbond substituents is 1. The molecule has 1 aromatic carbocycles. The molecule has 134 valence electrons. The van der Waals surface area contributed by atoms with E-state index in [0.717, 1.165) is 16.9 Å². The lowest BCUT2D eigenvalue weighted by Crippen LogP contribution is -2.40. The van der Waals surface area contributed by atoms with Crippen molar-refractivity contribution in [1.29, 1.82) is 0 Å². The molecule has 2 rings (SSSR count). The number of hydrogen-bond acceptors (Lipinski definition) is 4. The zero-order chi connectivity index (χ0) is 18.1. The van der Waals surface area contributed by atoms with Gasteiger partial charge in [-0.1, -0.05) is 32.0 Å². The van der Waals surface area contributed by atoms with Crippen molar-refractivity contribution < 1.29 is 9.90 Å². The lowest BCUT2D eigenvalue weighted by Gasteiger charge is -2.23. The van der Waals surface area contributed by atoms with Gasteiger partial charge in [0, 0.05) is 37.8 Å². The molecule has 6 heteroatoms. The molecule has 0 saturated carbocycles. The van der Waals surface area contributed by atoms with Crippen molar-refractivity contribution in [2.24, 2.45) is 0 Å². The Labute approximate surface area is 153 Å². The number of phenols is 1. The van der Waals surface area contributed by atoms with Gasteiger partial charge in [-0.3, -0.25) is 4.98 Å². The number of thioether (sulfide) groups is 1. The van der Waals surface area contributed by atoms with Gasteiger partial charge < -0.3 is 15.3 Å². The maximum atomic E-state index is 12.6. The number of carbonyl (C=O) groups excluding carboxylic acids is 1. The minimum Gasteiger partial charge on any atom is -0.508 e. The molecule has 1 heterocycles. The third kappa shape index (κ3) is 7.05. The number of benzene rings is 1. The van der Waals surface area contributed by atoms with Crippen LogP contribution in [0.15, 0.2) is 48.8 Å². The maximum absolute atomic E-state index is 12.6. The van der Waals surface area contributed by atoms with Crippen LogP contribution in [0.5, 0.6) is 5.75 Å². The van der Waals surface area contributed by atoms with Crippen molar-refractivity contribution in [3.8, 4) is 5.75 Å². The third-order valence-electron chi connectivity index (χ3n) is 3.52. The van der Waals surface area contributed by atoms with Crippen LogP contribution >= 0.6 is 11.8 Å². The van der Waals surface area contributed by atoms with Crippen LogP contribution in [0, 0.1) is 0 Å². The van der Waals surface area contributed by atoms with Gasteiger partial charge in [0.2, 0.25) is 0 Å². The Bertz CT molecular complexity index is 647. The first-order valence-electron chi connectivity index (χ1n) is 8.36. The fraction of sp³-hybridized carbons (Fsp3) is 0.368. The first kappa shape index (κ1) is 19.1. The summed E-state index contributed by atoms with van der Waals surface area (Å²) in [6.45, 7) is 5.88. The zero-order valence-electron chi connectivity index (χ0n) is 14.7. The highest BCUT2D eigenvalue weighted by molar-refractivity contribution is 7.99. The Kier molecular flexibility index (Phi) is 7.60. The maximum Gasteiger partial charge on any atom is 0.318 e. The van der Waals surface area contributed by atoms with Crippen LogP contribution in [-0.4, -0.2) is 38.6 Å². The van der Waals surface area contributed by atoms with Crippen LogP contribution in [0.4, 0.5) is 4.79 Å². The van der Waals surface area contributed by atoms with Gasteiger partial charge in [-0.25, -0.2) is 4.79 Å². The average Bonchev–Trinajstić information content (AvgIpc) is 2.60. The highest BCUT2D eigenvalue weighted by Gasteiger charge is 2.14. The molecule has 0 aliphatic carbocycles. The lowest BCUT2D eigenvalue weighted by atomic mass is 10.2. The molecule has 0 spiro atoms. The summed E-state index contributed by atoms with van der Waals surface area (Å²) in [5.41, 5.74) is 1.95. The second-order valence-corrected chi connectivity index (χ2v) is 7.72. The smallest absolute Gasteiger partial charge is 0.318 e. The first-order valence-corrected chi connectivity index (χ1v) is 9.40. The monoisotopic (exact) mass is 359 g/mol. The van der Waals surface area contributed by atoms with Crippen LogP contribution in [0.1, 0.15) is 25.0 Å². The van der Waals surface area contributed by atoms with Gasteiger partial charge in [-0.15, -0.1) is 0 Å². The van der Waals surface area contributed by atoms with Gasteiger partial charge in [0.15, 0.2) is 0 Å². The van der Waals surface area contributed by atoms with E-state index in [1.54, 1.807) is 29.4 Å². The molecule has 0 aliphatic heterocycles. The summed E-state index contributed by atoms with van der Waals surface area (Å²) in [6.07, 6.45) is 3.49. The van der Waals surface area contributed by atoms with Gasteiger partial charge in [-0.05, 0) is 34.6 Å². The lowest BCUT2D eigenvalue weighted by molar-refractivity contribution is 0.193. The van der Waals surface area contributed by atoms with Crippen molar-refractivity contribution in [2.75, 3.05) is 12.3 Å². The molecule has 0 bridgehead atoms. The number of nitrogens with zero attached hydrogens (tertiary/aromatic N) is 2. The predicted molar refractivity (Wildman–Crippen MR) is 103 cm³/mol. The summed E-state index contributed by atoms with van der Waals surface area (Å²) >= 11 is 1.82. The number of hydrogen-bond donors (Lipinski definition) is 2. The van der Waals surface area contributed by atoms with Gasteiger partial charge in [-0.2, -0.15) is 11.8 Å². The fourth-order valence-electron chi connectivity index (χ4n) is 2.30. The highest BCUT2D eigenvalue weighted by atomic mass is 32.2. The molecule has 1 aromatic heterocycles. The van der Waals surface area contributed by atoms with Crippen LogP contribution in [0.25, 0.3) is 0 Å². The van der Waals surface area contributed by atoms with Crippen molar-refractivity contribution in [1.82, 2.24) is 15.2 Å². The number of aromatic nitrogens is 1. The Morgan fingerprint density at radius 3 is 2.56 bits per heavy atom. The summed E-state index contributed by atoms with van der Waals surface area (Å²) in [7, 11) is 0. The quantitative estimate of drug-likeness (QED) is 0.706. The molecule has 5 nitrogen and oxygen atoms in total. The summed E-state index contributed by atoms with van der Waals surface area (Å²) in [5, 5.41) is 13.0. The minimum atomic E-state index is -0.0960. The summed E-state index contributed by atoms with van der Waals surface area (Å²) < 4.78 is 0. The first-order chi connectivity index (χ1) is 12.0. The van der Waals surface area contributed by atoms with E-state index >= 15 is 0 Å². The van der Waals surface area contributed by atoms with E-state index in [4.69, 9.17) is 0 Å². The van der Waals surface area contributed by atoms with Gasteiger partial charge in [0.1, 0.15) is 5.75 Å². The average molecular weight is 359 g/mol. The largest absolute Gasteiger partial charge is 0.508 e. The molecule has 2 amide bonds. The van der Waals surface area contributed by atoms with Gasteiger partial charge in [0.05, 0.1) is 0 Å². The summed E-state index contributed by atoms with van der Waals surface area (Å²) in [6, 6.07) is 10.6. The highest BCUT2D eigenvalue weighted by Crippen LogP contribution is 2.14. The van der Waals surface area contributed by atoms with E-state index in [1.807, 2.05) is 36.0 Å². The molecule has 0 unspecified atom stereocenters. The molecule has 0 atom stereocenters. The normalized spacial score (nSPS) is 10.7. The number of pyridine rings is 1. The molecule has 2 N–H and O–H groups in total. The molecule has 0 aliphatic rings. The van der Waals surface area contributed by atoms with E-state index in [2.05, 4.69) is 24.1 Å². The van der Waals surface area contributed by atoms with Gasteiger partial charge >= 0.3 is 6.03 Å². The van der Waals surface area contributed by atoms with Crippen LogP contribution in [-0.2, 0) is 13.1 Å². The summed E-state index contributed by atoms with van der Waals surface area (Å²) in [4.78, 5) is 18.5. The van der Waals surface area contributed by atoms with Crippen LogP contribution in [0.2, 0.25) is 0 Å². The second-order valence-electron chi connectivity index (χ2n) is 6.04. The number of nitrogens with one attached hydrogen (secondary N) is 1.